The van der Waals surface area contributed by atoms with E-state index in [9.17, 15) is 4.79 Å². The van der Waals surface area contributed by atoms with Crippen LogP contribution >= 0.6 is 11.6 Å². The highest BCUT2D eigenvalue weighted by Crippen LogP contribution is 2.33. The van der Waals surface area contributed by atoms with E-state index in [1.807, 2.05) is 24.3 Å². The molecule has 0 spiro atoms. The summed E-state index contributed by atoms with van der Waals surface area (Å²) in [5.74, 6) is 1.54. The summed E-state index contributed by atoms with van der Waals surface area (Å²) in [5.41, 5.74) is 1.31. The number of aromatic nitrogens is 2. The second-order valence-corrected chi connectivity index (χ2v) is 5.84. The molecule has 2 heterocycles. The minimum atomic E-state index is -0.256. The summed E-state index contributed by atoms with van der Waals surface area (Å²) < 4.78 is 12.2. The zero-order chi connectivity index (χ0) is 17.2. The van der Waals surface area contributed by atoms with Gasteiger partial charge in [0, 0.05) is 30.0 Å². The normalized spacial score (nSPS) is 12.2. The molecule has 0 atom stereocenters. The molecule has 1 aliphatic rings. The topological polar surface area (TPSA) is 65.4 Å². The van der Waals surface area contributed by atoms with Gasteiger partial charge in [-0.15, -0.1) is 0 Å². The van der Waals surface area contributed by atoms with E-state index in [2.05, 4.69) is 10.3 Å². The van der Waals surface area contributed by atoms with Crippen LogP contribution in [0.3, 0.4) is 0 Å². The number of hydrogen-bond donors (Lipinski definition) is 1. The monoisotopic (exact) mass is 355 g/mol. The van der Waals surface area contributed by atoms with Crippen molar-refractivity contribution < 1.29 is 9.47 Å². The van der Waals surface area contributed by atoms with Crippen molar-refractivity contribution in [2.45, 2.75) is 6.54 Å². The molecule has 1 N–H and O–H groups in total. The molecule has 0 fully saturated rings. The Kier molecular flexibility index (Phi) is 4.03. The Morgan fingerprint density at radius 3 is 2.88 bits per heavy atom. The van der Waals surface area contributed by atoms with E-state index in [4.69, 9.17) is 21.1 Å². The van der Waals surface area contributed by atoms with Gasteiger partial charge in [-0.3, -0.25) is 9.36 Å². The van der Waals surface area contributed by atoms with Crippen LogP contribution in [0.4, 0.5) is 5.82 Å². The molecule has 0 saturated carbocycles. The van der Waals surface area contributed by atoms with Gasteiger partial charge >= 0.3 is 0 Å². The van der Waals surface area contributed by atoms with Crippen molar-refractivity contribution in [3.05, 3.63) is 75.8 Å². The number of nitrogens with zero attached hydrogens (tertiary/aromatic N) is 2. The van der Waals surface area contributed by atoms with Crippen LogP contribution in [0.15, 0.2) is 59.7 Å². The lowest BCUT2D eigenvalue weighted by Crippen LogP contribution is -2.23. The summed E-state index contributed by atoms with van der Waals surface area (Å²) in [5, 5.41) is 3.69. The number of benzene rings is 2. The predicted molar refractivity (Wildman–Crippen MR) is 94.7 cm³/mol. The Balaban J connectivity index is 1.62. The van der Waals surface area contributed by atoms with Gasteiger partial charge in [-0.1, -0.05) is 29.8 Å². The van der Waals surface area contributed by atoms with Crippen molar-refractivity contribution in [3.63, 3.8) is 0 Å². The first-order chi connectivity index (χ1) is 12.2. The van der Waals surface area contributed by atoms with Crippen molar-refractivity contribution in [3.8, 4) is 17.2 Å². The fourth-order valence-electron chi connectivity index (χ4n) is 2.59. The zero-order valence-electron chi connectivity index (χ0n) is 13.1. The molecule has 0 unspecified atom stereocenters. The maximum atomic E-state index is 12.7. The molecule has 0 radical (unpaired) electrons. The Morgan fingerprint density at radius 2 is 2.00 bits per heavy atom. The molecule has 0 aliphatic carbocycles. The molecule has 6 nitrogen and oxygen atoms in total. The van der Waals surface area contributed by atoms with Crippen molar-refractivity contribution in [1.29, 1.82) is 0 Å². The van der Waals surface area contributed by atoms with Gasteiger partial charge in [0.2, 0.25) is 6.79 Å². The van der Waals surface area contributed by atoms with Crippen molar-refractivity contribution in [1.82, 2.24) is 9.55 Å². The van der Waals surface area contributed by atoms with Gasteiger partial charge in [0.1, 0.15) is 0 Å². The summed E-state index contributed by atoms with van der Waals surface area (Å²) in [6.45, 7) is 0.599. The predicted octanol–water partition coefficient (Wildman–Crippen LogP) is 3.23. The third-order valence-corrected chi connectivity index (χ3v) is 4.25. The summed E-state index contributed by atoms with van der Waals surface area (Å²) >= 11 is 6.14. The van der Waals surface area contributed by atoms with Crippen LogP contribution in [0.2, 0.25) is 5.02 Å². The highest BCUT2D eigenvalue weighted by molar-refractivity contribution is 6.31. The second-order valence-electron chi connectivity index (χ2n) is 5.43. The molecule has 4 rings (SSSR count). The average molecular weight is 356 g/mol. The SMILES string of the molecule is O=c1c(NCc2ccccc2Cl)nccn1-c1ccc2c(c1)OCO2. The summed E-state index contributed by atoms with van der Waals surface area (Å²) in [7, 11) is 0. The Bertz CT molecular complexity index is 987. The molecule has 3 aromatic rings. The molecular weight excluding hydrogens is 342 g/mol. The molecule has 1 aromatic heterocycles. The van der Waals surface area contributed by atoms with Gasteiger partial charge in [0.15, 0.2) is 17.3 Å². The Morgan fingerprint density at radius 1 is 1.16 bits per heavy atom. The second kappa shape index (κ2) is 6.49. The summed E-state index contributed by atoms with van der Waals surface area (Å²) in [6.07, 6.45) is 3.18. The maximum absolute atomic E-state index is 12.7. The highest BCUT2D eigenvalue weighted by atomic mass is 35.5. The minimum absolute atomic E-state index is 0.189. The highest BCUT2D eigenvalue weighted by Gasteiger charge is 2.15. The van der Waals surface area contributed by atoms with Gasteiger partial charge in [0.05, 0.1) is 5.69 Å². The molecule has 126 valence electrons. The number of rotatable bonds is 4. The minimum Gasteiger partial charge on any atom is -0.454 e. The van der Waals surface area contributed by atoms with Gasteiger partial charge in [-0.05, 0) is 23.8 Å². The van der Waals surface area contributed by atoms with Crippen molar-refractivity contribution in [2.75, 3.05) is 12.1 Å². The van der Waals surface area contributed by atoms with Gasteiger partial charge < -0.3 is 14.8 Å². The molecule has 0 bridgehead atoms. The lowest BCUT2D eigenvalue weighted by molar-refractivity contribution is 0.174. The van der Waals surface area contributed by atoms with Crippen molar-refractivity contribution >= 4 is 17.4 Å². The van der Waals surface area contributed by atoms with Gasteiger partial charge in [-0.25, -0.2) is 4.98 Å². The molecule has 0 saturated heterocycles. The number of ether oxygens (including phenoxy) is 2. The molecule has 2 aromatic carbocycles. The van der Waals surface area contributed by atoms with Crippen LogP contribution in [0, 0.1) is 0 Å². The van der Waals surface area contributed by atoms with Crippen LogP contribution in [0.5, 0.6) is 11.5 Å². The number of anilines is 1. The molecule has 0 amide bonds. The van der Waals surface area contributed by atoms with E-state index >= 15 is 0 Å². The number of hydrogen-bond acceptors (Lipinski definition) is 5. The Hall–Kier alpha value is -2.99. The third kappa shape index (κ3) is 3.04. The molecule has 25 heavy (non-hydrogen) atoms. The zero-order valence-corrected chi connectivity index (χ0v) is 13.9. The quantitative estimate of drug-likeness (QED) is 0.778. The smallest absolute Gasteiger partial charge is 0.297 e. The van der Waals surface area contributed by atoms with Crippen LogP contribution < -0.4 is 20.3 Å². The molecule has 7 heteroatoms. The lowest BCUT2D eigenvalue weighted by Gasteiger charge is -2.10. The number of fused-ring (bicyclic) bond motifs is 1. The Labute approximate surface area is 148 Å². The maximum Gasteiger partial charge on any atom is 0.297 e. The average Bonchev–Trinajstić information content (AvgIpc) is 3.10. The fraction of sp³-hybridized carbons (Fsp3) is 0.111. The van der Waals surface area contributed by atoms with Crippen LogP contribution in [0.1, 0.15) is 5.56 Å². The molecular formula is C18H14ClN3O3. The third-order valence-electron chi connectivity index (χ3n) is 3.88. The molecule has 1 aliphatic heterocycles. The first-order valence-corrected chi connectivity index (χ1v) is 8.05. The summed E-state index contributed by atoms with van der Waals surface area (Å²) in [4.78, 5) is 16.8. The number of halogens is 1. The number of nitrogens with one attached hydrogen (secondary N) is 1. The largest absolute Gasteiger partial charge is 0.454 e. The van der Waals surface area contributed by atoms with E-state index in [0.717, 1.165) is 5.56 Å². The van der Waals surface area contributed by atoms with Gasteiger partial charge in [0.25, 0.3) is 5.56 Å². The first-order valence-electron chi connectivity index (χ1n) is 7.67. The van der Waals surface area contributed by atoms with E-state index in [-0.39, 0.29) is 18.2 Å². The fourth-order valence-corrected chi connectivity index (χ4v) is 2.79. The van der Waals surface area contributed by atoms with Crippen LogP contribution in [0.25, 0.3) is 5.69 Å². The standard InChI is InChI=1S/C18H14ClN3O3/c19-14-4-2-1-3-12(14)10-21-17-18(23)22(8-7-20-17)13-5-6-15-16(9-13)25-11-24-15/h1-9H,10-11H2,(H,20,21). The lowest BCUT2D eigenvalue weighted by atomic mass is 10.2. The summed E-state index contributed by atoms with van der Waals surface area (Å²) in [6, 6.07) is 12.8. The van der Waals surface area contributed by atoms with E-state index in [1.54, 1.807) is 30.6 Å². The van der Waals surface area contributed by atoms with Crippen LogP contribution in [-0.4, -0.2) is 16.3 Å². The van der Waals surface area contributed by atoms with E-state index < -0.39 is 0 Å². The first kappa shape index (κ1) is 15.5. The van der Waals surface area contributed by atoms with E-state index in [1.165, 1.54) is 4.57 Å². The van der Waals surface area contributed by atoms with Gasteiger partial charge in [-0.2, -0.15) is 0 Å². The van der Waals surface area contributed by atoms with Crippen LogP contribution in [-0.2, 0) is 6.54 Å². The van der Waals surface area contributed by atoms with Crippen molar-refractivity contribution in [2.24, 2.45) is 0 Å². The van der Waals surface area contributed by atoms with E-state index in [0.29, 0.717) is 28.8 Å².